The molecule has 1 saturated heterocycles. The monoisotopic (exact) mass is 418 g/mol. The Labute approximate surface area is 176 Å². The van der Waals surface area contributed by atoms with Gasteiger partial charge < -0.3 is 14.0 Å². The molecule has 30 heavy (non-hydrogen) atoms. The summed E-state index contributed by atoms with van der Waals surface area (Å²) in [6.07, 6.45) is 3.21. The number of likely N-dealkylation sites (tertiary alicyclic amines) is 1. The number of amides is 2. The fraction of sp³-hybridized carbons (Fsp3) is 0.636. The lowest BCUT2D eigenvalue weighted by Gasteiger charge is -2.21. The summed E-state index contributed by atoms with van der Waals surface area (Å²) in [5.41, 5.74) is 2.19. The summed E-state index contributed by atoms with van der Waals surface area (Å²) in [4.78, 5) is 51.5. The van der Waals surface area contributed by atoms with E-state index in [1.54, 1.807) is 13.2 Å². The Morgan fingerprint density at radius 2 is 1.73 bits per heavy atom. The molecule has 2 aliphatic rings. The average Bonchev–Trinajstić information content (AvgIpc) is 3.16. The van der Waals surface area contributed by atoms with Gasteiger partial charge in [-0.2, -0.15) is 0 Å². The van der Waals surface area contributed by atoms with Crippen LogP contribution in [0.15, 0.2) is 6.07 Å². The van der Waals surface area contributed by atoms with Gasteiger partial charge in [0.2, 0.25) is 17.6 Å². The van der Waals surface area contributed by atoms with Crippen molar-refractivity contribution in [2.45, 2.75) is 59.0 Å². The number of fused-ring (bicyclic) bond motifs is 1. The van der Waals surface area contributed by atoms with Crippen LogP contribution in [0.4, 0.5) is 0 Å². The molecule has 1 aliphatic carbocycles. The maximum Gasteiger partial charge on any atom is 0.329 e. The second-order valence-electron chi connectivity index (χ2n) is 8.18. The van der Waals surface area contributed by atoms with E-state index in [9.17, 15) is 19.2 Å². The standard InChI is InChI=1S/C22H30N2O6/c1-13-11-18(14(2)23(13)9-10-29-4)19(25)12-30-22(28)15(3)24-20(26)16-7-5-6-8-17(16)21(24)27/h11,15-17H,5-10,12H2,1-4H3/t15-,16?,17?/m0/s1. The van der Waals surface area contributed by atoms with Gasteiger partial charge in [-0.1, -0.05) is 12.8 Å². The number of carbonyl (C=O) groups is 4. The number of imide groups is 1. The van der Waals surface area contributed by atoms with Crippen molar-refractivity contribution < 1.29 is 28.7 Å². The van der Waals surface area contributed by atoms with E-state index in [2.05, 4.69) is 0 Å². The lowest BCUT2D eigenvalue weighted by Crippen LogP contribution is -2.44. The minimum Gasteiger partial charge on any atom is -0.456 e. The molecule has 8 heteroatoms. The lowest BCUT2D eigenvalue weighted by molar-refractivity contribution is -0.157. The van der Waals surface area contributed by atoms with Crippen LogP contribution >= 0.6 is 0 Å². The lowest BCUT2D eigenvalue weighted by atomic mass is 9.81. The van der Waals surface area contributed by atoms with Gasteiger partial charge in [0.1, 0.15) is 6.04 Å². The Balaban J connectivity index is 1.62. The molecule has 3 rings (SSSR count). The third-order valence-corrected chi connectivity index (χ3v) is 6.34. The van der Waals surface area contributed by atoms with E-state index >= 15 is 0 Å². The number of aryl methyl sites for hydroxylation is 1. The fourth-order valence-corrected chi connectivity index (χ4v) is 4.62. The molecule has 2 unspecified atom stereocenters. The molecule has 0 N–H and O–H groups in total. The number of Topliss-reactive ketones (excluding diaryl/α,β-unsaturated/α-hetero) is 1. The van der Waals surface area contributed by atoms with Crippen molar-refractivity contribution in [1.29, 1.82) is 0 Å². The maximum absolute atomic E-state index is 12.6. The Bertz CT molecular complexity index is 834. The minimum atomic E-state index is -1.03. The van der Waals surface area contributed by atoms with Gasteiger partial charge in [0.05, 0.1) is 18.4 Å². The highest BCUT2D eigenvalue weighted by molar-refractivity contribution is 6.08. The number of esters is 1. The second-order valence-corrected chi connectivity index (χ2v) is 8.18. The second kappa shape index (κ2) is 9.12. The largest absolute Gasteiger partial charge is 0.456 e. The molecule has 8 nitrogen and oxygen atoms in total. The number of carbonyl (C=O) groups excluding carboxylic acids is 4. The SMILES string of the molecule is COCCn1c(C)cc(C(=O)COC(=O)[C@H](C)N2C(=O)C3CCCCC3C2=O)c1C. The van der Waals surface area contributed by atoms with Crippen LogP contribution < -0.4 is 0 Å². The quantitative estimate of drug-likeness (QED) is 0.364. The van der Waals surface area contributed by atoms with E-state index in [0.717, 1.165) is 29.1 Å². The first-order valence-electron chi connectivity index (χ1n) is 10.5. The summed E-state index contributed by atoms with van der Waals surface area (Å²) in [5, 5.41) is 0. The summed E-state index contributed by atoms with van der Waals surface area (Å²) in [7, 11) is 1.62. The van der Waals surface area contributed by atoms with Crippen LogP contribution in [-0.4, -0.2) is 59.4 Å². The Morgan fingerprint density at radius 3 is 2.30 bits per heavy atom. The molecule has 164 valence electrons. The van der Waals surface area contributed by atoms with Crippen LogP contribution in [0, 0.1) is 25.7 Å². The normalized spacial score (nSPS) is 22.2. The van der Waals surface area contributed by atoms with E-state index in [1.807, 2.05) is 18.4 Å². The van der Waals surface area contributed by atoms with Crippen molar-refractivity contribution in [3.63, 3.8) is 0 Å². The minimum absolute atomic E-state index is 0.290. The van der Waals surface area contributed by atoms with Gasteiger partial charge in [0, 0.05) is 30.6 Å². The summed E-state index contributed by atoms with van der Waals surface area (Å²) in [5.74, 6) is -2.28. The molecular formula is C22H30N2O6. The Morgan fingerprint density at radius 1 is 1.13 bits per heavy atom. The molecule has 2 fully saturated rings. The first-order valence-corrected chi connectivity index (χ1v) is 10.5. The third kappa shape index (κ3) is 4.05. The third-order valence-electron chi connectivity index (χ3n) is 6.34. The summed E-state index contributed by atoms with van der Waals surface area (Å²) in [6.45, 7) is 5.94. The van der Waals surface area contributed by atoms with E-state index in [4.69, 9.17) is 9.47 Å². The number of ketones is 1. The molecule has 2 heterocycles. The van der Waals surface area contributed by atoms with Crippen LogP contribution in [0.25, 0.3) is 0 Å². The summed E-state index contributed by atoms with van der Waals surface area (Å²) >= 11 is 0. The van der Waals surface area contributed by atoms with Gasteiger partial charge in [-0.05, 0) is 39.7 Å². The number of hydrogen-bond donors (Lipinski definition) is 0. The molecular weight excluding hydrogens is 388 g/mol. The van der Waals surface area contributed by atoms with Gasteiger partial charge in [-0.15, -0.1) is 0 Å². The van der Waals surface area contributed by atoms with E-state index in [1.165, 1.54) is 6.92 Å². The summed E-state index contributed by atoms with van der Waals surface area (Å²) < 4.78 is 12.3. The zero-order valence-corrected chi connectivity index (χ0v) is 18.1. The number of hydrogen-bond acceptors (Lipinski definition) is 6. The number of methoxy groups -OCH3 is 1. The highest BCUT2D eigenvalue weighted by Gasteiger charge is 2.51. The highest BCUT2D eigenvalue weighted by atomic mass is 16.5. The van der Waals surface area contributed by atoms with Crippen LogP contribution in [0.1, 0.15) is 54.4 Å². The van der Waals surface area contributed by atoms with Crippen molar-refractivity contribution in [2.24, 2.45) is 11.8 Å². The van der Waals surface area contributed by atoms with Gasteiger partial charge in [-0.25, -0.2) is 4.79 Å². The highest BCUT2D eigenvalue weighted by Crippen LogP contribution is 2.38. The van der Waals surface area contributed by atoms with Crippen molar-refractivity contribution in [2.75, 3.05) is 20.3 Å². The molecule has 3 atom stereocenters. The number of nitrogens with zero attached hydrogens (tertiary/aromatic N) is 2. The van der Waals surface area contributed by atoms with E-state index in [0.29, 0.717) is 31.6 Å². The predicted molar refractivity (Wildman–Crippen MR) is 108 cm³/mol. The van der Waals surface area contributed by atoms with E-state index in [-0.39, 0.29) is 29.4 Å². The van der Waals surface area contributed by atoms with Crippen molar-refractivity contribution in [3.05, 3.63) is 23.0 Å². The molecule has 1 saturated carbocycles. The molecule has 1 aromatic heterocycles. The number of aromatic nitrogens is 1. The maximum atomic E-state index is 12.6. The average molecular weight is 418 g/mol. The first kappa shape index (κ1) is 22.2. The first-order chi connectivity index (χ1) is 14.3. The topological polar surface area (TPSA) is 94.9 Å². The van der Waals surface area contributed by atoms with Crippen molar-refractivity contribution >= 4 is 23.6 Å². The molecule has 0 radical (unpaired) electrons. The fourth-order valence-electron chi connectivity index (χ4n) is 4.62. The van der Waals surface area contributed by atoms with Crippen LogP contribution in [0.5, 0.6) is 0 Å². The van der Waals surface area contributed by atoms with Crippen molar-refractivity contribution in [1.82, 2.24) is 9.47 Å². The molecule has 2 amide bonds. The Hall–Kier alpha value is -2.48. The molecule has 1 aliphatic heterocycles. The van der Waals surface area contributed by atoms with Crippen molar-refractivity contribution in [3.8, 4) is 0 Å². The molecule has 0 aromatic carbocycles. The molecule has 0 bridgehead atoms. The van der Waals surface area contributed by atoms with Crippen LogP contribution in [0.3, 0.4) is 0 Å². The molecule has 1 aromatic rings. The smallest absolute Gasteiger partial charge is 0.329 e. The van der Waals surface area contributed by atoms with Gasteiger partial charge in [-0.3, -0.25) is 19.3 Å². The van der Waals surface area contributed by atoms with E-state index < -0.39 is 18.6 Å². The van der Waals surface area contributed by atoms with Gasteiger partial charge in [0.25, 0.3) is 0 Å². The number of ether oxygens (including phenoxy) is 2. The zero-order chi connectivity index (χ0) is 22.0. The summed E-state index contributed by atoms with van der Waals surface area (Å²) in [6, 6.07) is 0.737. The van der Waals surface area contributed by atoms with Gasteiger partial charge in [0.15, 0.2) is 6.61 Å². The predicted octanol–water partition coefficient (Wildman–Crippen LogP) is 2.04. The number of rotatable bonds is 8. The van der Waals surface area contributed by atoms with Crippen LogP contribution in [-0.2, 0) is 30.4 Å². The molecule has 0 spiro atoms. The van der Waals surface area contributed by atoms with Gasteiger partial charge >= 0.3 is 5.97 Å². The Kier molecular flexibility index (Phi) is 6.75. The zero-order valence-electron chi connectivity index (χ0n) is 18.1. The van der Waals surface area contributed by atoms with Crippen LogP contribution in [0.2, 0.25) is 0 Å².